The molecule has 2 nitrogen and oxygen atoms in total. The van der Waals surface area contributed by atoms with E-state index in [0.29, 0.717) is 23.3 Å². The highest BCUT2D eigenvalue weighted by molar-refractivity contribution is 7.99. The van der Waals surface area contributed by atoms with Gasteiger partial charge < -0.3 is 10.2 Å². The molecule has 3 rings (SSSR count). The molecule has 0 aromatic heterocycles. The third-order valence-electron chi connectivity index (χ3n) is 3.83. The second-order valence-corrected chi connectivity index (χ2v) is 6.08. The molecule has 0 unspecified atom stereocenters. The molecule has 1 aliphatic heterocycles. The molecule has 19 heavy (non-hydrogen) atoms. The molecule has 3 heteroatoms. The Kier molecular flexibility index (Phi) is 3.15. The van der Waals surface area contributed by atoms with Crippen LogP contribution in [0.15, 0.2) is 47.4 Å². The Morgan fingerprint density at radius 2 is 1.68 bits per heavy atom. The van der Waals surface area contributed by atoms with E-state index in [4.69, 9.17) is 0 Å². The number of aromatic hydroxyl groups is 2. The van der Waals surface area contributed by atoms with Gasteiger partial charge in [-0.15, -0.1) is 11.8 Å². The van der Waals surface area contributed by atoms with Crippen LogP contribution in [0.5, 0.6) is 11.5 Å². The predicted octanol–water partition coefficient (Wildman–Crippen LogP) is 4.09. The van der Waals surface area contributed by atoms with E-state index in [0.717, 1.165) is 5.75 Å². The van der Waals surface area contributed by atoms with Crippen molar-refractivity contribution in [3.63, 3.8) is 0 Å². The van der Waals surface area contributed by atoms with Crippen molar-refractivity contribution in [2.75, 3.05) is 5.75 Å². The maximum absolute atomic E-state index is 9.55. The van der Waals surface area contributed by atoms with Crippen LogP contribution in [0, 0.1) is 0 Å². The zero-order chi connectivity index (χ0) is 13.4. The van der Waals surface area contributed by atoms with Gasteiger partial charge in [0.1, 0.15) is 11.5 Å². The fraction of sp³-hybridized carbons (Fsp3) is 0.250. The molecule has 98 valence electrons. The van der Waals surface area contributed by atoms with Crippen LogP contribution in [0.2, 0.25) is 0 Å². The number of hydrogen-bond acceptors (Lipinski definition) is 3. The molecule has 0 amide bonds. The average Bonchev–Trinajstić information content (AvgIpc) is 2.40. The van der Waals surface area contributed by atoms with Crippen LogP contribution in [0.4, 0.5) is 0 Å². The van der Waals surface area contributed by atoms with Gasteiger partial charge in [-0.2, -0.15) is 0 Å². The molecule has 1 heterocycles. The second kappa shape index (κ2) is 4.82. The Balaban J connectivity index is 1.95. The van der Waals surface area contributed by atoms with Gasteiger partial charge in [-0.1, -0.05) is 25.1 Å². The molecule has 0 bridgehead atoms. The van der Waals surface area contributed by atoms with E-state index >= 15 is 0 Å². The van der Waals surface area contributed by atoms with E-state index < -0.39 is 0 Å². The summed E-state index contributed by atoms with van der Waals surface area (Å²) in [5.74, 6) is 2.51. The summed E-state index contributed by atoms with van der Waals surface area (Å²) in [6.45, 7) is 2.23. The van der Waals surface area contributed by atoms with Crippen LogP contribution in [0.25, 0.3) is 0 Å². The van der Waals surface area contributed by atoms with E-state index in [9.17, 15) is 10.2 Å². The van der Waals surface area contributed by atoms with E-state index in [2.05, 4.69) is 6.92 Å². The van der Waals surface area contributed by atoms with Crippen molar-refractivity contribution >= 4 is 11.8 Å². The first kappa shape index (κ1) is 12.4. The zero-order valence-corrected chi connectivity index (χ0v) is 11.5. The van der Waals surface area contributed by atoms with Crippen molar-refractivity contribution in [3.05, 3.63) is 53.6 Å². The fourth-order valence-electron chi connectivity index (χ4n) is 2.67. The zero-order valence-electron chi connectivity index (χ0n) is 10.7. The molecule has 0 radical (unpaired) electrons. The lowest BCUT2D eigenvalue weighted by molar-refractivity contribution is 0.471. The predicted molar refractivity (Wildman–Crippen MR) is 78.1 cm³/mol. The second-order valence-electron chi connectivity index (χ2n) is 5.02. The van der Waals surface area contributed by atoms with Crippen molar-refractivity contribution in [2.45, 2.75) is 23.7 Å². The van der Waals surface area contributed by atoms with Crippen molar-refractivity contribution in [1.29, 1.82) is 0 Å². The van der Waals surface area contributed by atoms with Crippen molar-refractivity contribution in [1.82, 2.24) is 0 Å². The molecule has 2 atom stereocenters. The topological polar surface area (TPSA) is 40.5 Å². The monoisotopic (exact) mass is 272 g/mol. The Labute approximate surface area is 117 Å². The summed E-state index contributed by atoms with van der Waals surface area (Å²) in [5, 5.41) is 18.9. The van der Waals surface area contributed by atoms with Gasteiger partial charge in [-0.05, 0) is 47.2 Å². The first-order chi connectivity index (χ1) is 9.15. The molecule has 0 spiro atoms. The Morgan fingerprint density at radius 1 is 1.00 bits per heavy atom. The fourth-order valence-corrected chi connectivity index (χ4v) is 4.14. The molecule has 0 saturated heterocycles. The first-order valence-electron chi connectivity index (χ1n) is 6.40. The van der Waals surface area contributed by atoms with E-state index in [1.807, 2.05) is 24.3 Å². The summed E-state index contributed by atoms with van der Waals surface area (Å²) in [6, 6.07) is 13.1. The van der Waals surface area contributed by atoms with Crippen LogP contribution in [0.3, 0.4) is 0 Å². The minimum atomic E-state index is 0.310. The summed E-state index contributed by atoms with van der Waals surface area (Å²) < 4.78 is 0. The Bertz CT molecular complexity index is 592. The largest absolute Gasteiger partial charge is 0.508 e. The van der Waals surface area contributed by atoms with E-state index in [-0.39, 0.29) is 0 Å². The highest BCUT2D eigenvalue weighted by atomic mass is 32.2. The molecule has 0 saturated carbocycles. The van der Waals surface area contributed by atoms with E-state index in [1.165, 1.54) is 16.0 Å². The SMILES string of the molecule is C[C@@H]1c2ccc(O)cc2SC[C@@H]1c1ccc(O)cc1. The van der Waals surface area contributed by atoms with Crippen molar-refractivity contribution < 1.29 is 10.2 Å². The van der Waals surface area contributed by atoms with E-state index in [1.54, 1.807) is 30.0 Å². The molecule has 1 aliphatic rings. The lowest BCUT2D eigenvalue weighted by Gasteiger charge is -2.31. The number of rotatable bonds is 1. The molecule has 2 N–H and O–H groups in total. The summed E-state index contributed by atoms with van der Waals surface area (Å²) in [5.41, 5.74) is 2.56. The lowest BCUT2D eigenvalue weighted by Crippen LogP contribution is -2.16. The van der Waals surface area contributed by atoms with Gasteiger partial charge in [0.2, 0.25) is 0 Å². The summed E-state index contributed by atoms with van der Waals surface area (Å²) in [6.07, 6.45) is 0. The van der Waals surface area contributed by atoms with Gasteiger partial charge >= 0.3 is 0 Å². The third-order valence-corrected chi connectivity index (χ3v) is 5.02. The molecule has 2 aromatic carbocycles. The third kappa shape index (κ3) is 2.30. The van der Waals surface area contributed by atoms with Crippen LogP contribution in [0.1, 0.15) is 29.9 Å². The number of thioether (sulfide) groups is 1. The van der Waals surface area contributed by atoms with Gasteiger partial charge in [0.05, 0.1) is 0 Å². The normalized spacial score (nSPS) is 21.9. The molecule has 0 fully saturated rings. The van der Waals surface area contributed by atoms with Crippen molar-refractivity contribution in [3.8, 4) is 11.5 Å². The van der Waals surface area contributed by atoms with Gasteiger partial charge in [-0.3, -0.25) is 0 Å². The average molecular weight is 272 g/mol. The van der Waals surface area contributed by atoms with Crippen LogP contribution in [-0.2, 0) is 0 Å². The smallest absolute Gasteiger partial charge is 0.116 e. The lowest BCUT2D eigenvalue weighted by atomic mass is 9.83. The highest BCUT2D eigenvalue weighted by Crippen LogP contribution is 2.46. The number of fused-ring (bicyclic) bond motifs is 1. The van der Waals surface area contributed by atoms with Gasteiger partial charge in [0.15, 0.2) is 0 Å². The molecule has 2 aromatic rings. The molecular formula is C16H16O2S. The summed E-state index contributed by atoms with van der Waals surface area (Å²) >= 11 is 1.79. The maximum atomic E-state index is 9.55. The number of benzene rings is 2. The minimum Gasteiger partial charge on any atom is -0.508 e. The Morgan fingerprint density at radius 3 is 2.42 bits per heavy atom. The minimum absolute atomic E-state index is 0.310. The standard InChI is InChI=1S/C16H16O2S/c1-10-14-7-6-13(18)8-16(14)19-9-15(10)11-2-4-12(17)5-3-11/h2-8,10,15,17-18H,9H2,1H3/t10-,15+/m1/s1. The quantitative estimate of drug-likeness (QED) is 0.821. The van der Waals surface area contributed by atoms with Crippen molar-refractivity contribution in [2.24, 2.45) is 0 Å². The molecular weight excluding hydrogens is 256 g/mol. The number of phenols is 2. The van der Waals surface area contributed by atoms with Gasteiger partial charge in [0.25, 0.3) is 0 Å². The van der Waals surface area contributed by atoms with Crippen LogP contribution >= 0.6 is 11.8 Å². The summed E-state index contributed by atoms with van der Waals surface area (Å²) in [4.78, 5) is 1.18. The highest BCUT2D eigenvalue weighted by Gasteiger charge is 2.28. The van der Waals surface area contributed by atoms with Gasteiger partial charge in [-0.25, -0.2) is 0 Å². The summed E-state index contributed by atoms with van der Waals surface area (Å²) in [7, 11) is 0. The maximum Gasteiger partial charge on any atom is 0.116 e. The number of phenolic OH excluding ortho intramolecular Hbond substituents is 2. The van der Waals surface area contributed by atoms with Crippen LogP contribution < -0.4 is 0 Å². The van der Waals surface area contributed by atoms with Gasteiger partial charge in [0, 0.05) is 10.6 Å². The number of hydrogen-bond donors (Lipinski definition) is 2. The molecule has 0 aliphatic carbocycles. The Hall–Kier alpha value is -1.61. The van der Waals surface area contributed by atoms with Crippen LogP contribution in [-0.4, -0.2) is 16.0 Å². The first-order valence-corrected chi connectivity index (χ1v) is 7.38.